The van der Waals surface area contributed by atoms with Gasteiger partial charge in [0, 0.05) is 6.42 Å². The number of anilines is 1. The van der Waals surface area contributed by atoms with E-state index in [1.54, 1.807) is 30.3 Å². The molecule has 186 valence electrons. The van der Waals surface area contributed by atoms with Crippen molar-refractivity contribution in [1.29, 1.82) is 0 Å². The molecule has 0 N–H and O–H groups in total. The average molecular weight is 559 g/mol. The molecule has 3 aromatic carbocycles. The lowest BCUT2D eigenvalue weighted by molar-refractivity contribution is -0.117. The van der Waals surface area contributed by atoms with Gasteiger partial charge < -0.3 is 4.74 Å². The number of sulfonamides is 1. The third-order valence-corrected chi connectivity index (χ3v) is 8.08. The van der Waals surface area contributed by atoms with Gasteiger partial charge in [0.05, 0.1) is 21.7 Å². The second-order valence-corrected chi connectivity index (χ2v) is 11.0. The third kappa shape index (κ3) is 7.18. The van der Waals surface area contributed by atoms with Crippen LogP contribution in [0, 0.1) is 0 Å². The Morgan fingerprint density at radius 3 is 2.23 bits per heavy atom. The van der Waals surface area contributed by atoms with E-state index in [1.807, 2.05) is 30.3 Å². The van der Waals surface area contributed by atoms with Crippen LogP contribution in [0.3, 0.4) is 0 Å². The highest BCUT2D eigenvalue weighted by Gasteiger charge is 2.30. The Morgan fingerprint density at radius 1 is 0.914 bits per heavy atom. The number of amides is 1. The molecule has 0 heterocycles. The van der Waals surface area contributed by atoms with Crippen molar-refractivity contribution < 1.29 is 17.9 Å². The highest BCUT2D eigenvalue weighted by atomic mass is 79.9. The number of rotatable bonds is 12. The highest BCUT2D eigenvalue weighted by molar-refractivity contribution is 9.10. The largest absolute Gasteiger partial charge is 0.492 e. The molecular formula is C28H32BrNO4S. The van der Waals surface area contributed by atoms with Crippen molar-refractivity contribution in [2.75, 3.05) is 10.9 Å². The molecule has 5 nitrogen and oxygen atoms in total. The van der Waals surface area contributed by atoms with Crippen molar-refractivity contribution in [2.45, 2.75) is 57.3 Å². The maximum atomic E-state index is 13.5. The maximum Gasteiger partial charge on any atom is 0.270 e. The summed E-state index contributed by atoms with van der Waals surface area (Å²) in [6.07, 6.45) is 4.41. The summed E-state index contributed by atoms with van der Waals surface area (Å²) in [5.41, 5.74) is 2.66. The summed E-state index contributed by atoms with van der Waals surface area (Å²) < 4.78 is 34.5. The van der Waals surface area contributed by atoms with Crippen LogP contribution in [-0.4, -0.2) is 20.9 Å². The fraction of sp³-hybridized carbons (Fsp3) is 0.321. The molecular weight excluding hydrogens is 526 g/mol. The zero-order valence-electron chi connectivity index (χ0n) is 20.2. The van der Waals surface area contributed by atoms with Gasteiger partial charge in [-0.05, 0) is 89.1 Å². The van der Waals surface area contributed by atoms with Crippen molar-refractivity contribution in [3.05, 3.63) is 88.4 Å². The number of hydrogen-bond donors (Lipinski definition) is 0. The summed E-state index contributed by atoms with van der Waals surface area (Å²) in [5.74, 6) is 0.213. The van der Waals surface area contributed by atoms with Crippen LogP contribution in [0.5, 0.6) is 5.75 Å². The fourth-order valence-electron chi connectivity index (χ4n) is 3.68. The van der Waals surface area contributed by atoms with E-state index < -0.39 is 15.9 Å². The molecule has 0 aromatic heterocycles. The van der Waals surface area contributed by atoms with Gasteiger partial charge >= 0.3 is 0 Å². The molecule has 0 bridgehead atoms. The first-order valence-electron chi connectivity index (χ1n) is 12.0. The summed E-state index contributed by atoms with van der Waals surface area (Å²) in [5, 5.41) is 0. The van der Waals surface area contributed by atoms with Crippen LogP contribution in [0.15, 0.2) is 82.2 Å². The van der Waals surface area contributed by atoms with Gasteiger partial charge in [-0.15, -0.1) is 0 Å². The molecule has 35 heavy (non-hydrogen) atoms. The number of benzene rings is 3. The van der Waals surface area contributed by atoms with Crippen LogP contribution in [-0.2, 0) is 27.7 Å². The monoisotopic (exact) mass is 557 g/mol. The second-order valence-electron chi connectivity index (χ2n) is 8.32. The predicted molar refractivity (Wildman–Crippen MR) is 144 cm³/mol. The van der Waals surface area contributed by atoms with E-state index in [0.29, 0.717) is 24.5 Å². The molecule has 0 spiro atoms. The Balaban J connectivity index is 1.75. The van der Waals surface area contributed by atoms with E-state index in [0.717, 1.165) is 40.0 Å². The normalized spacial score (nSPS) is 11.3. The molecule has 0 radical (unpaired) electrons. The maximum absolute atomic E-state index is 13.5. The molecule has 0 aliphatic rings. The molecule has 0 atom stereocenters. The number of unbranched alkanes of at least 4 members (excludes halogenated alkanes) is 1. The SMILES string of the molecule is CCCCc1ccc(N(C(=O)CCCOc2ccc(CC)cc2Br)S(=O)(=O)c2ccccc2)cc1. The molecule has 3 aromatic rings. The first-order valence-corrected chi connectivity index (χ1v) is 14.2. The standard InChI is InChI=1S/C28H32BrNO4S/c1-3-5-10-23-14-17-24(18-15-23)30(35(32,33)25-11-7-6-8-12-25)28(31)13-9-20-34-27-19-16-22(4-2)21-26(27)29/h6-8,11-12,14-19,21H,3-5,9-10,13,20H2,1-2H3. The van der Waals surface area contributed by atoms with Crippen LogP contribution in [0.4, 0.5) is 5.69 Å². The molecule has 0 unspecified atom stereocenters. The molecule has 0 saturated heterocycles. The summed E-state index contributed by atoms with van der Waals surface area (Å²) in [6.45, 7) is 4.51. The van der Waals surface area contributed by atoms with Gasteiger partial charge in [-0.3, -0.25) is 4.79 Å². The Bertz CT molecular complexity index is 1210. The van der Waals surface area contributed by atoms with E-state index >= 15 is 0 Å². The number of hydrogen-bond acceptors (Lipinski definition) is 4. The van der Waals surface area contributed by atoms with Crippen molar-refractivity contribution >= 4 is 37.5 Å². The first kappa shape index (κ1) is 27.0. The topological polar surface area (TPSA) is 63.7 Å². The minimum Gasteiger partial charge on any atom is -0.492 e. The molecule has 0 aliphatic heterocycles. The fourth-order valence-corrected chi connectivity index (χ4v) is 5.69. The van der Waals surface area contributed by atoms with E-state index in [-0.39, 0.29) is 11.3 Å². The first-order chi connectivity index (χ1) is 16.9. The lowest BCUT2D eigenvalue weighted by Crippen LogP contribution is -2.37. The number of halogens is 1. The van der Waals surface area contributed by atoms with Crippen molar-refractivity contribution in [3.63, 3.8) is 0 Å². The van der Waals surface area contributed by atoms with E-state index in [4.69, 9.17) is 4.74 Å². The van der Waals surface area contributed by atoms with Crippen LogP contribution >= 0.6 is 15.9 Å². The Morgan fingerprint density at radius 2 is 1.60 bits per heavy atom. The number of carbonyl (C=O) groups excluding carboxylic acids is 1. The summed E-state index contributed by atoms with van der Waals surface area (Å²) >= 11 is 3.52. The van der Waals surface area contributed by atoms with Crippen molar-refractivity contribution in [1.82, 2.24) is 0 Å². The Hall–Kier alpha value is -2.64. The van der Waals surface area contributed by atoms with Crippen LogP contribution in [0.2, 0.25) is 0 Å². The quantitative estimate of drug-likeness (QED) is 0.226. The predicted octanol–water partition coefficient (Wildman–Crippen LogP) is 6.94. The van der Waals surface area contributed by atoms with Gasteiger partial charge in [0.1, 0.15) is 5.75 Å². The second kappa shape index (κ2) is 12.9. The van der Waals surface area contributed by atoms with Gasteiger partial charge in [-0.2, -0.15) is 0 Å². The van der Waals surface area contributed by atoms with Gasteiger partial charge in [-0.25, -0.2) is 12.7 Å². The molecule has 0 aliphatic carbocycles. The molecule has 7 heteroatoms. The summed E-state index contributed by atoms with van der Waals surface area (Å²) in [4.78, 5) is 13.3. The highest BCUT2D eigenvalue weighted by Crippen LogP contribution is 2.28. The number of carbonyl (C=O) groups is 1. The Kier molecular flexibility index (Phi) is 9.93. The molecule has 3 rings (SSSR count). The zero-order chi connectivity index (χ0) is 25.3. The van der Waals surface area contributed by atoms with Crippen molar-refractivity contribution in [2.24, 2.45) is 0 Å². The average Bonchev–Trinajstić information content (AvgIpc) is 2.87. The van der Waals surface area contributed by atoms with Gasteiger partial charge in [-0.1, -0.05) is 56.7 Å². The van der Waals surface area contributed by atoms with Crippen molar-refractivity contribution in [3.8, 4) is 5.75 Å². The molecule has 0 saturated carbocycles. The minimum absolute atomic E-state index is 0.0360. The summed E-state index contributed by atoms with van der Waals surface area (Å²) in [6, 6.07) is 21.2. The van der Waals surface area contributed by atoms with Gasteiger partial charge in [0.25, 0.3) is 10.0 Å². The zero-order valence-corrected chi connectivity index (χ0v) is 22.6. The lowest BCUT2D eigenvalue weighted by Gasteiger charge is -2.23. The van der Waals surface area contributed by atoms with Crippen LogP contribution in [0.1, 0.15) is 50.7 Å². The van der Waals surface area contributed by atoms with E-state index in [2.05, 4.69) is 29.8 Å². The smallest absolute Gasteiger partial charge is 0.270 e. The van der Waals surface area contributed by atoms with Crippen LogP contribution in [0.25, 0.3) is 0 Å². The Labute approximate surface area is 217 Å². The van der Waals surface area contributed by atoms with Gasteiger partial charge in [0.2, 0.25) is 5.91 Å². The van der Waals surface area contributed by atoms with E-state index in [9.17, 15) is 13.2 Å². The number of nitrogens with zero attached hydrogens (tertiary/aromatic N) is 1. The number of ether oxygens (including phenoxy) is 1. The van der Waals surface area contributed by atoms with E-state index in [1.165, 1.54) is 17.7 Å². The molecule has 0 fully saturated rings. The number of aryl methyl sites for hydroxylation is 2. The van der Waals surface area contributed by atoms with Crippen LogP contribution < -0.4 is 9.04 Å². The lowest BCUT2D eigenvalue weighted by atomic mass is 10.1. The van der Waals surface area contributed by atoms with Gasteiger partial charge in [0.15, 0.2) is 0 Å². The molecule has 1 amide bonds. The third-order valence-electron chi connectivity index (χ3n) is 5.69. The summed E-state index contributed by atoms with van der Waals surface area (Å²) in [7, 11) is -4.05. The minimum atomic E-state index is -4.05.